The number of amides is 3. The van der Waals surface area contributed by atoms with Crippen molar-refractivity contribution in [3.63, 3.8) is 0 Å². The summed E-state index contributed by atoms with van der Waals surface area (Å²) in [5.74, 6) is -0.271. The number of likely N-dealkylation sites (N-methyl/N-ethyl adjacent to an activating group) is 2. The Balaban J connectivity index is 1.96. The Bertz CT molecular complexity index is 545. The van der Waals surface area contributed by atoms with E-state index in [0.717, 1.165) is 10.5 Å². The molecule has 100 valence electrons. The fraction of sp³-hybridized carbons (Fsp3) is 0.429. The van der Waals surface area contributed by atoms with Crippen LogP contribution < -0.4 is 0 Å². The molecule has 2 aliphatic rings. The van der Waals surface area contributed by atoms with E-state index in [1.54, 1.807) is 18.9 Å². The van der Waals surface area contributed by atoms with Gasteiger partial charge >= 0.3 is 6.03 Å². The zero-order chi connectivity index (χ0) is 13.8. The number of rotatable bonds is 1. The summed E-state index contributed by atoms with van der Waals surface area (Å²) in [5.41, 5.74) is 0.0553. The Morgan fingerprint density at radius 1 is 1.16 bits per heavy atom. The molecule has 1 aromatic carbocycles. The minimum Gasteiger partial charge on any atom is -0.353 e. The zero-order valence-electron chi connectivity index (χ0n) is 11.2. The molecule has 3 amide bonds. The van der Waals surface area contributed by atoms with Gasteiger partial charge in [-0.05, 0) is 12.5 Å². The number of fused-ring (bicyclic) bond motifs is 1. The van der Waals surface area contributed by atoms with Crippen LogP contribution in [0.2, 0.25) is 0 Å². The quantitative estimate of drug-likeness (QED) is 0.767. The first-order chi connectivity index (χ1) is 8.97. The summed E-state index contributed by atoms with van der Waals surface area (Å²) in [6.45, 7) is 1.75. The molecule has 3 atom stereocenters. The second-order valence-corrected chi connectivity index (χ2v) is 5.26. The maximum Gasteiger partial charge on any atom is 0.326 e. The van der Waals surface area contributed by atoms with E-state index in [1.165, 1.54) is 7.05 Å². The number of carbonyl (C=O) groups excluding carboxylic acids is 2. The fourth-order valence-corrected chi connectivity index (χ4v) is 3.03. The van der Waals surface area contributed by atoms with Gasteiger partial charge in [-0.3, -0.25) is 9.69 Å². The Morgan fingerprint density at radius 2 is 1.79 bits per heavy atom. The highest BCUT2D eigenvalue weighted by molar-refractivity contribution is 6.02. The summed E-state index contributed by atoms with van der Waals surface area (Å²) in [6, 6.07) is 9.15. The van der Waals surface area contributed by atoms with E-state index in [4.69, 9.17) is 4.74 Å². The normalized spacial score (nSPS) is 34.1. The molecule has 0 aliphatic carbocycles. The minimum atomic E-state index is -0.933. The van der Waals surface area contributed by atoms with Crippen molar-refractivity contribution in [2.24, 2.45) is 0 Å². The number of urea groups is 1. The van der Waals surface area contributed by atoms with Gasteiger partial charge in [0, 0.05) is 14.1 Å². The van der Waals surface area contributed by atoms with Crippen LogP contribution in [0.5, 0.6) is 0 Å². The summed E-state index contributed by atoms with van der Waals surface area (Å²) >= 11 is 0. The van der Waals surface area contributed by atoms with E-state index in [1.807, 2.05) is 30.3 Å². The Kier molecular flexibility index (Phi) is 2.44. The Labute approximate surface area is 111 Å². The topological polar surface area (TPSA) is 49.9 Å². The lowest BCUT2D eigenvalue weighted by Gasteiger charge is -2.58. The van der Waals surface area contributed by atoms with Gasteiger partial charge in [0.05, 0.1) is 0 Å². The van der Waals surface area contributed by atoms with Crippen LogP contribution in [0.25, 0.3) is 0 Å². The van der Waals surface area contributed by atoms with Crippen molar-refractivity contribution >= 4 is 11.9 Å². The third kappa shape index (κ3) is 1.45. The van der Waals surface area contributed by atoms with Crippen molar-refractivity contribution in [3.8, 4) is 0 Å². The Morgan fingerprint density at radius 3 is 2.42 bits per heavy atom. The van der Waals surface area contributed by atoms with Gasteiger partial charge in [0.25, 0.3) is 5.91 Å². The molecule has 5 heteroatoms. The fourth-order valence-electron chi connectivity index (χ4n) is 3.03. The molecule has 19 heavy (non-hydrogen) atoms. The predicted octanol–water partition coefficient (Wildman–Crippen LogP) is 1.41. The number of ether oxygens (including phenoxy) is 1. The van der Waals surface area contributed by atoms with Crippen LogP contribution >= 0.6 is 0 Å². The van der Waals surface area contributed by atoms with Gasteiger partial charge < -0.3 is 9.64 Å². The van der Waals surface area contributed by atoms with Gasteiger partial charge in [-0.2, -0.15) is 0 Å². The van der Waals surface area contributed by atoms with E-state index in [9.17, 15) is 9.59 Å². The zero-order valence-corrected chi connectivity index (χ0v) is 11.2. The van der Waals surface area contributed by atoms with Gasteiger partial charge in [-0.15, -0.1) is 0 Å². The summed E-state index contributed by atoms with van der Waals surface area (Å²) < 4.78 is 5.83. The molecular formula is C14H16N2O3. The molecule has 5 nitrogen and oxygen atoms in total. The Hall–Kier alpha value is -1.88. The van der Waals surface area contributed by atoms with Crippen LogP contribution in [0, 0.1) is 0 Å². The highest BCUT2D eigenvalue weighted by Crippen LogP contribution is 2.49. The van der Waals surface area contributed by atoms with E-state index in [2.05, 4.69) is 0 Å². The lowest BCUT2D eigenvalue weighted by Crippen LogP contribution is -2.76. The molecule has 2 aliphatic heterocycles. The second-order valence-electron chi connectivity index (χ2n) is 5.26. The third-order valence-corrected chi connectivity index (χ3v) is 4.09. The third-order valence-electron chi connectivity index (χ3n) is 4.09. The van der Waals surface area contributed by atoms with Crippen molar-refractivity contribution in [2.45, 2.75) is 24.7 Å². The maximum absolute atomic E-state index is 12.2. The average Bonchev–Trinajstić information content (AvgIpc) is 2.41. The van der Waals surface area contributed by atoms with Gasteiger partial charge in [-0.25, -0.2) is 4.79 Å². The lowest BCUT2D eigenvalue weighted by atomic mass is 9.78. The molecule has 1 unspecified atom stereocenters. The molecule has 1 aromatic rings. The maximum atomic E-state index is 12.2. The lowest BCUT2D eigenvalue weighted by molar-refractivity contribution is -0.255. The van der Waals surface area contributed by atoms with Crippen molar-refractivity contribution in [2.75, 3.05) is 14.1 Å². The number of benzene rings is 1. The first-order valence-corrected chi connectivity index (χ1v) is 6.24. The van der Waals surface area contributed by atoms with Crippen LogP contribution in [0.1, 0.15) is 18.6 Å². The smallest absolute Gasteiger partial charge is 0.326 e. The molecule has 2 heterocycles. The first kappa shape index (κ1) is 12.2. The second kappa shape index (κ2) is 3.81. The predicted molar refractivity (Wildman–Crippen MR) is 68.4 cm³/mol. The number of hydrogen-bond acceptors (Lipinski definition) is 3. The molecule has 0 saturated carbocycles. The highest BCUT2D eigenvalue weighted by atomic mass is 16.6. The van der Waals surface area contributed by atoms with Crippen molar-refractivity contribution in [1.29, 1.82) is 0 Å². The molecule has 2 fully saturated rings. The van der Waals surface area contributed by atoms with Crippen LogP contribution in [0.3, 0.4) is 0 Å². The summed E-state index contributed by atoms with van der Waals surface area (Å²) in [4.78, 5) is 26.9. The molecule has 0 aromatic heterocycles. The minimum absolute atomic E-state index is 0.238. The summed E-state index contributed by atoms with van der Waals surface area (Å²) in [7, 11) is 3.20. The van der Waals surface area contributed by atoms with Crippen LogP contribution in [0.4, 0.5) is 4.79 Å². The molecule has 0 spiro atoms. The monoisotopic (exact) mass is 260 g/mol. The largest absolute Gasteiger partial charge is 0.353 e. The van der Waals surface area contributed by atoms with E-state index < -0.39 is 5.60 Å². The summed E-state index contributed by atoms with van der Waals surface area (Å²) in [6.07, 6.45) is -0.238. The first-order valence-electron chi connectivity index (χ1n) is 6.24. The standard InChI is InChI=1S/C14H16N2O3/c1-14-11(15(2)13(18)16(3)12(14)17)10(19-14)9-7-5-4-6-8-9/h4-8,10-11H,1-3H3/t10-,11?,14+/m0/s1. The molecule has 0 bridgehead atoms. The number of carbonyl (C=O) groups is 2. The molecule has 3 rings (SSSR count). The van der Waals surface area contributed by atoms with Gasteiger partial charge in [0.15, 0.2) is 5.60 Å². The van der Waals surface area contributed by atoms with Crippen molar-refractivity contribution in [1.82, 2.24) is 9.80 Å². The van der Waals surface area contributed by atoms with Gasteiger partial charge in [0.1, 0.15) is 12.1 Å². The van der Waals surface area contributed by atoms with E-state index in [0.29, 0.717) is 0 Å². The van der Waals surface area contributed by atoms with Crippen LogP contribution in [-0.2, 0) is 9.53 Å². The number of imide groups is 1. The molecule has 2 saturated heterocycles. The molecular weight excluding hydrogens is 244 g/mol. The SMILES string of the molecule is CN1C(=O)N(C)C2[C@H](c3ccccc3)O[C@@]2(C)C1=O. The van der Waals surface area contributed by atoms with Crippen LogP contribution in [0.15, 0.2) is 30.3 Å². The van der Waals surface area contributed by atoms with Crippen molar-refractivity contribution < 1.29 is 14.3 Å². The summed E-state index contributed by atoms with van der Waals surface area (Å²) in [5, 5.41) is 0. The number of hydrogen-bond donors (Lipinski definition) is 0. The molecule has 0 radical (unpaired) electrons. The van der Waals surface area contributed by atoms with Gasteiger partial charge in [0.2, 0.25) is 0 Å². The highest BCUT2D eigenvalue weighted by Gasteiger charge is 2.65. The van der Waals surface area contributed by atoms with E-state index in [-0.39, 0.29) is 24.1 Å². The van der Waals surface area contributed by atoms with Gasteiger partial charge in [-0.1, -0.05) is 30.3 Å². The molecule has 0 N–H and O–H groups in total. The average molecular weight is 260 g/mol. The number of nitrogens with zero attached hydrogens (tertiary/aromatic N) is 2. The van der Waals surface area contributed by atoms with Crippen LogP contribution in [-0.4, -0.2) is 47.5 Å². The van der Waals surface area contributed by atoms with E-state index >= 15 is 0 Å². The van der Waals surface area contributed by atoms with Crippen molar-refractivity contribution in [3.05, 3.63) is 35.9 Å².